The first-order chi connectivity index (χ1) is 16.0. The first-order valence-corrected chi connectivity index (χ1v) is 15.8. The van der Waals surface area contributed by atoms with Crippen molar-refractivity contribution in [3.63, 3.8) is 0 Å². The molecule has 0 atom stereocenters. The molecule has 0 spiro atoms. The van der Waals surface area contributed by atoms with Crippen LogP contribution in [0.1, 0.15) is 155 Å². The van der Waals surface area contributed by atoms with Crippen LogP contribution in [0.25, 0.3) is 0 Å². The molecule has 0 fully saturated rings. The Bertz CT molecular complexity index is 522. The van der Waals surface area contributed by atoms with Crippen molar-refractivity contribution in [2.24, 2.45) is 0 Å². The summed E-state index contributed by atoms with van der Waals surface area (Å²) in [6.07, 6.45) is 28.5. The van der Waals surface area contributed by atoms with E-state index >= 15 is 0 Å². The maximum absolute atomic E-state index is 11.7. The van der Waals surface area contributed by atoms with Gasteiger partial charge in [0.15, 0.2) is 0 Å². The molecule has 6 heteroatoms. The SMILES string of the molecule is CCCCCCCCCCCCCCCCCCCCCCC(=O)NCCCCS(=O)(=O)O. The molecule has 33 heavy (non-hydrogen) atoms. The predicted octanol–water partition coefficient (Wildman–Crippen LogP) is 7.98. The van der Waals surface area contributed by atoms with Gasteiger partial charge in [-0.1, -0.05) is 129 Å². The van der Waals surface area contributed by atoms with Crippen molar-refractivity contribution in [1.29, 1.82) is 0 Å². The van der Waals surface area contributed by atoms with Crippen LogP contribution in [-0.2, 0) is 14.9 Å². The summed E-state index contributed by atoms with van der Waals surface area (Å²) in [5.41, 5.74) is 0. The largest absolute Gasteiger partial charge is 0.356 e. The van der Waals surface area contributed by atoms with Gasteiger partial charge < -0.3 is 5.32 Å². The smallest absolute Gasteiger partial charge is 0.264 e. The quantitative estimate of drug-likeness (QED) is 0.0952. The van der Waals surface area contributed by atoms with E-state index in [1.807, 2.05) is 0 Å². The summed E-state index contributed by atoms with van der Waals surface area (Å²) in [6, 6.07) is 0. The zero-order valence-corrected chi connectivity index (χ0v) is 22.6. The van der Waals surface area contributed by atoms with Crippen molar-refractivity contribution in [3.05, 3.63) is 0 Å². The fraction of sp³-hybridized carbons (Fsp3) is 0.963. The zero-order valence-electron chi connectivity index (χ0n) is 21.8. The van der Waals surface area contributed by atoms with Gasteiger partial charge in [0.1, 0.15) is 0 Å². The molecule has 0 saturated heterocycles. The second-order valence-corrected chi connectivity index (χ2v) is 11.4. The first-order valence-electron chi connectivity index (χ1n) is 14.2. The highest BCUT2D eigenvalue weighted by Gasteiger charge is 2.04. The van der Waals surface area contributed by atoms with Crippen molar-refractivity contribution in [2.75, 3.05) is 12.3 Å². The van der Waals surface area contributed by atoms with Gasteiger partial charge in [-0.3, -0.25) is 9.35 Å². The summed E-state index contributed by atoms with van der Waals surface area (Å²) in [5, 5.41) is 2.81. The van der Waals surface area contributed by atoms with Crippen molar-refractivity contribution in [2.45, 2.75) is 155 Å². The average Bonchev–Trinajstić information content (AvgIpc) is 2.76. The normalized spacial score (nSPS) is 11.7. The first kappa shape index (κ1) is 32.4. The molecule has 0 heterocycles. The summed E-state index contributed by atoms with van der Waals surface area (Å²) in [4.78, 5) is 11.7. The van der Waals surface area contributed by atoms with Crippen molar-refractivity contribution < 1.29 is 17.8 Å². The molecule has 0 radical (unpaired) electrons. The minimum absolute atomic E-state index is 0.0456. The van der Waals surface area contributed by atoms with Crippen LogP contribution in [0.4, 0.5) is 0 Å². The van der Waals surface area contributed by atoms with E-state index in [2.05, 4.69) is 12.2 Å². The van der Waals surface area contributed by atoms with Crippen LogP contribution in [0.15, 0.2) is 0 Å². The Kier molecular flexibility index (Phi) is 24.0. The fourth-order valence-electron chi connectivity index (χ4n) is 4.27. The van der Waals surface area contributed by atoms with Crippen molar-refractivity contribution in [3.8, 4) is 0 Å². The van der Waals surface area contributed by atoms with E-state index in [-0.39, 0.29) is 11.7 Å². The summed E-state index contributed by atoms with van der Waals surface area (Å²) in [5.74, 6) is -0.188. The predicted molar refractivity (Wildman–Crippen MR) is 141 cm³/mol. The van der Waals surface area contributed by atoms with Crippen LogP contribution in [0.3, 0.4) is 0 Å². The van der Waals surface area contributed by atoms with Gasteiger partial charge in [-0.2, -0.15) is 8.42 Å². The molecule has 1 amide bonds. The summed E-state index contributed by atoms with van der Waals surface area (Å²) < 4.78 is 29.8. The van der Waals surface area contributed by atoms with Crippen LogP contribution in [0, 0.1) is 0 Å². The number of carbonyl (C=O) groups is 1. The highest BCUT2D eigenvalue weighted by Crippen LogP contribution is 2.15. The van der Waals surface area contributed by atoms with Crippen molar-refractivity contribution in [1.82, 2.24) is 5.32 Å². The Morgan fingerprint density at radius 2 is 0.939 bits per heavy atom. The number of rotatable bonds is 26. The van der Waals surface area contributed by atoms with E-state index in [9.17, 15) is 13.2 Å². The number of hydrogen-bond acceptors (Lipinski definition) is 3. The lowest BCUT2D eigenvalue weighted by Gasteiger charge is -2.05. The standard InChI is InChI=1S/C27H55NO4S/c1-2-3-4-5-6-7-8-9-10-11-12-13-14-15-16-17-18-19-20-21-24-27(29)28-25-22-23-26-33(30,31)32/h2-26H2,1H3,(H,28,29)(H,30,31,32). The molecule has 2 N–H and O–H groups in total. The molecule has 0 aliphatic rings. The minimum Gasteiger partial charge on any atom is -0.356 e. The van der Waals surface area contributed by atoms with Gasteiger partial charge in [0, 0.05) is 13.0 Å². The molecule has 0 aromatic rings. The van der Waals surface area contributed by atoms with E-state index in [0.717, 1.165) is 12.8 Å². The topological polar surface area (TPSA) is 83.5 Å². The molecular formula is C27H55NO4S. The van der Waals surface area contributed by atoms with E-state index in [1.165, 1.54) is 116 Å². The third-order valence-electron chi connectivity index (χ3n) is 6.41. The second kappa shape index (κ2) is 24.5. The average molecular weight is 490 g/mol. The van der Waals surface area contributed by atoms with Gasteiger partial charge in [-0.15, -0.1) is 0 Å². The molecule has 0 unspecified atom stereocenters. The van der Waals surface area contributed by atoms with Crippen molar-refractivity contribution >= 4 is 16.0 Å². The third kappa shape index (κ3) is 29.3. The number of nitrogens with one attached hydrogen (secondary N) is 1. The Morgan fingerprint density at radius 3 is 1.30 bits per heavy atom. The molecule has 0 rings (SSSR count). The van der Waals surface area contributed by atoms with Crippen LogP contribution in [0.5, 0.6) is 0 Å². The lowest BCUT2D eigenvalue weighted by Crippen LogP contribution is -2.24. The Labute approximate surface area is 206 Å². The maximum Gasteiger partial charge on any atom is 0.264 e. The highest BCUT2D eigenvalue weighted by molar-refractivity contribution is 7.85. The molecule has 198 valence electrons. The number of unbranched alkanes of at least 4 members (excludes halogenated alkanes) is 20. The Hall–Kier alpha value is -0.620. The monoisotopic (exact) mass is 489 g/mol. The van der Waals surface area contributed by atoms with E-state index in [0.29, 0.717) is 25.8 Å². The summed E-state index contributed by atoms with van der Waals surface area (Å²) in [6.45, 7) is 2.76. The van der Waals surface area contributed by atoms with Crippen LogP contribution >= 0.6 is 0 Å². The van der Waals surface area contributed by atoms with Gasteiger partial charge in [0.05, 0.1) is 5.75 Å². The van der Waals surface area contributed by atoms with Gasteiger partial charge in [0.2, 0.25) is 5.91 Å². The number of carbonyl (C=O) groups excluding carboxylic acids is 1. The van der Waals surface area contributed by atoms with Crippen LogP contribution in [0.2, 0.25) is 0 Å². The lowest BCUT2D eigenvalue weighted by molar-refractivity contribution is -0.121. The van der Waals surface area contributed by atoms with Gasteiger partial charge >= 0.3 is 0 Å². The molecule has 5 nitrogen and oxygen atoms in total. The number of hydrogen-bond donors (Lipinski definition) is 2. The molecule has 0 aromatic carbocycles. The van der Waals surface area contributed by atoms with Gasteiger partial charge in [-0.25, -0.2) is 0 Å². The van der Waals surface area contributed by atoms with Gasteiger partial charge in [-0.05, 0) is 19.3 Å². The molecule has 0 aromatic heterocycles. The summed E-state index contributed by atoms with van der Waals surface area (Å²) in [7, 11) is -3.88. The Morgan fingerprint density at radius 1 is 0.576 bits per heavy atom. The van der Waals surface area contributed by atoms with Crippen LogP contribution in [-0.4, -0.2) is 31.2 Å². The minimum atomic E-state index is -3.88. The molecule has 0 bridgehead atoms. The maximum atomic E-state index is 11.7. The summed E-state index contributed by atoms with van der Waals surface area (Å²) >= 11 is 0. The lowest BCUT2D eigenvalue weighted by atomic mass is 10.0. The van der Waals surface area contributed by atoms with Crippen LogP contribution < -0.4 is 5.32 Å². The molecule has 0 aliphatic carbocycles. The molecular weight excluding hydrogens is 434 g/mol. The molecule has 0 aliphatic heterocycles. The highest BCUT2D eigenvalue weighted by atomic mass is 32.2. The number of amides is 1. The van der Waals surface area contributed by atoms with E-state index in [1.54, 1.807) is 0 Å². The fourth-order valence-corrected chi connectivity index (χ4v) is 4.84. The second-order valence-electron chi connectivity index (χ2n) is 9.81. The third-order valence-corrected chi connectivity index (χ3v) is 7.21. The zero-order chi connectivity index (χ0) is 24.5. The Balaban J connectivity index is 3.16. The van der Waals surface area contributed by atoms with E-state index < -0.39 is 10.1 Å². The van der Waals surface area contributed by atoms with Gasteiger partial charge in [0.25, 0.3) is 10.1 Å². The molecule has 0 saturated carbocycles. The van der Waals surface area contributed by atoms with E-state index in [4.69, 9.17) is 4.55 Å².